The molecular formula is C20H27ClN4OS. The average molecular weight is 407 g/mol. The molecule has 1 aromatic carbocycles. The molecule has 146 valence electrons. The van der Waals surface area contributed by atoms with Crippen LogP contribution in [0.5, 0.6) is 0 Å². The van der Waals surface area contributed by atoms with Crippen molar-refractivity contribution in [2.45, 2.75) is 52.0 Å². The zero-order valence-corrected chi connectivity index (χ0v) is 17.4. The SMILES string of the molecule is Cc1ccc(-c2nnc(NC(=O)C3CC4CCCC(C3)C4N)s2)c(C)c1.Cl. The number of carbonyl (C=O) groups excluding carboxylic acids is 1. The molecule has 0 radical (unpaired) electrons. The number of anilines is 1. The summed E-state index contributed by atoms with van der Waals surface area (Å²) in [5.41, 5.74) is 9.82. The Morgan fingerprint density at radius 1 is 1.19 bits per heavy atom. The molecule has 2 aliphatic carbocycles. The number of rotatable bonds is 3. The van der Waals surface area contributed by atoms with Gasteiger partial charge in [0.1, 0.15) is 5.01 Å². The van der Waals surface area contributed by atoms with Crippen LogP contribution in [0.1, 0.15) is 43.2 Å². The summed E-state index contributed by atoms with van der Waals surface area (Å²) < 4.78 is 0. The Labute approximate surface area is 170 Å². The maximum atomic E-state index is 12.7. The van der Waals surface area contributed by atoms with Crippen LogP contribution in [0, 0.1) is 31.6 Å². The zero-order valence-electron chi connectivity index (χ0n) is 15.8. The van der Waals surface area contributed by atoms with Crippen molar-refractivity contribution >= 4 is 34.8 Å². The van der Waals surface area contributed by atoms with E-state index >= 15 is 0 Å². The van der Waals surface area contributed by atoms with E-state index < -0.39 is 0 Å². The highest BCUT2D eigenvalue weighted by atomic mass is 35.5. The summed E-state index contributed by atoms with van der Waals surface area (Å²) in [6, 6.07) is 6.57. The van der Waals surface area contributed by atoms with Crippen LogP contribution in [-0.4, -0.2) is 22.1 Å². The fourth-order valence-electron chi connectivity index (χ4n) is 4.65. The van der Waals surface area contributed by atoms with Crippen molar-refractivity contribution in [2.75, 3.05) is 5.32 Å². The van der Waals surface area contributed by atoms with Gasteiger partial charge in [-0.05, 0) is 56.9 Å². The van der Waals surface area contributed by atoms with E-state index in [0.717, 1.165) is 36.3 Å². The number of aromatic nitrogens is 2. The van der Waals surface area contributed by atoms with Crippen molar-refractivity contribution in [3.63, 3.8) is 0 Å². The summed E-state index contributed by atoms with van der Waals surface area (Å²) in [6.07, 6.45) is 5.40. The van der Waals surface area contributed by atoms with Crippen LogP contribution in [0.2, 0.25) is 0 Å². The van der Waals surface area contributed by atoms with Crippen molar-refractivity contribution in [1.82, 2.24) is 10.2 Å². The van der Waals surface area contributed by atoms with Crippen molar-refractivity contribution in [1.29, 1.82) is 0 Å². The van der Waals surface area contributed by atoms with Crippen molar-refractivity contribution < 1.29 is 4.79 Å². The van der Waals surface area contributed by atoms with E-state index in [0.29, 0.717) is 17.0 Å². The number of aryl methyl sites for hydroxylation is 2. The molecule has 7 heteroatoms. The van der Waals surface area contributed by atoms with E-state index in [-0.39, 0.29) is 30.3 Å². The maximum absolute atomic E-state index is 12.7. The van der Waals surface area contributed by atoms with Gasteiger partial charge in [-0.3, -0.25) is 4.79 Å². The Morgan fingerprint density at radius 2 is 1.89 bits per heavy atom. The molecule has 3 N–H and O–H groups in total. The first-order valence-corrected chi connectivity index (χ1v) is 10.3. The Kier molecular flexibility index (Phi) is 6.18. The van der Waals surface area contributed by atoms with Crippen LogP contribution in [0.15, 0.2) is 18.2 Å². The summed E-state index contributed by atoms with van der Waals surface area (Å²) in [4.78, 5) is 12.7. The Morgan fingerprint density at radius 3 is 2.56 bits per heavy atom. The summed E-state index contributed by atoms with van der Waals surface area (Å²) in [5, 5.41) is 12.9. The van der Waals surface area contributed by atoms with Gasteiger partial charge in [-0.25, -0.2) is 0 Å². The van der Waals surface area contributed by atoms with Crippen LogP contribution in [0.25, 0.3) is 10.6 Å². The number of carbonyl (C=O) groups is 1. The molecule has 2 aliphatic rings. The monoisotopic (exact) mass is 406 g/mol. The summed E-state index contributed by atoms with van der Waals surface area (Å²) in [7, 11) is 0. The van der Waals surface area contributed by atoms with E-state index in [1.54, 1.807) is 0 Å². The Balaban J connectivity index is 0.00000210. The largest absolute Gasteiger partial charge is 0.327 e. The third-order valence-corrected chi connectivity index (χ3v) is 6.92. The standard InChI is InChI=1S/C20H26N4OS.ClH/c1-11-6-7-16(12(2)8-11)19-23-24-20(26-19)22-18(25)15-9-13-4-3-5-14(10-15)17(13)21;/h6-8,13-15,17H,3-5,9-10,21H2,1-2H3,(H,22,24,25);1H. The molecule has 1 aromatic heterocycles. The number of nitrogens with zero attached hydrogens (tertiary/aromatic N) is 2. The predicted octanol–water partition coefficient (Wildman–Crippen LogP) is 4.34. The lowest BCUT2D eigenvalue weighted by Gasteiger charge is -2.43. The topological polar surface area (TPSA) is 80.9 Å². The van der Waals surface area contributed by atoms with Crippen molar-refractivity contribution in [2.24, 2.45) is 23.5 Å². The molecule has 2 fully saturated rings. The summed E-state index contributed by atoms with van der Waals surface area (Å²) in [5.74, 6) is 1.13. The van der Waals surface area contributed by atoms with E-state index in [4.69, 9.17) is 5.73 Å². The van der Waals surface area contributed by atoms with Gasteiger partial charge in [0.05, 0.1) is 0 Å². The number of benzene rings is 1. The van der Waals surface area contributed by atoms with Gasteiger partial charge < -0.3 is 11.1 Å². The smallest absolute Gasteiger partial charge is 0.229 e. The number of hydrogen-bond acceptors (Lipinski definition) is 5. The first-order valence-electron chi connectivity index (χ1n) is 9.49. The molecule has 2 saturated carbocycles. The number of nitrogens with two attached hydrogens (primary N) is 1. The number of amides is 1. The minimum absolute atomic E-state index is 0. The van der Waals surface area contributed by atoms with E-state index in [1.165, 1.54) is 28.9 Å². The molecule has 0 aliphatic heterocycles. The lowest BCUT2D eigenvalue weighted by molar-refractivity contribution is -0.122. The minimum Gasteiger partial charge on any atom is -0.327 e. The van der Waals surface area contributed by atoms with E-state index in [2.05, 4.69) is 47.6 Å². The second-order valence-electron chi connectivity index (χ2n) is 7.92. The molecule has 1 amide bonds. The molecule has 4 rings (SSSR count). The van der Waals surface area contributed by atoms with Gasteiger partial charge in [-0.2, -0.15) is 0 Å². The highest BCUT2D eigenvalue weighted by molar-refractivity contribution is 7.18. The molecular weight excluding hydrogens is 380 g/mol. The quantitative estimate of drug-likeness (QED) is 0.794. The number of fused-ring (bicyclic) bond motifs is 2. The molecule has 5 nitrogen and oxygen atoms in total. The second kappa shape index (κ2) is 8.25. The number of hydrogen-bond donors (Lipinski definition) is 2. The first-order chi connectivity index (χ1) is 12.5. The third-order valence-electron chi connectivity index (χ3n) is 6.05. The van der Waals surface area contributed by atoms with Crippen LogP contribution in [0.3, 0.4) is 0 Å². The third kappa shape index (κ3) is 4.18. The highest BCUT2D eigenvalue weighted by Gasteiger charge is 2.40. The first kappa shape index (κ1) is 20.2. The van der Waals surface area contributed by atoms with Crippen LogP contribution < -0.4 is 11.1 Å². The van der Waals surface area contributed by atoms with Gasteiger partial charge in [0, 0.05) is 17.5 Å². The molecule has 1 heterocycles. The van der Waals surface area contributed by atoms with Gasteiger partial charge in [0.15, 0.2) is 0 Å². The van der Waals surface area contributed by atoms with Crippen LogP contribution in [0.4, 0.5) is 5.13 Å². The molecule has 2 atom stereocenters. The molecule has 2 bridgehead atoms. The lowest BCUT2D eigenvalue weighted by Crippen LogP contribution is -2.48. The van der Waals surface area contributed by atoms with Crippen molar-refractivity contribution in [3.05, 3.63) is 29.3 Å². The molecule has 27 heavy (non-hydrogen) atoms. The summed E-state index contributed by atoms with van der Waals surface area (Å²) >= 11 is 1.44. The zero-order chi connectivity index (χ0) is 18.3. The summed E-state index contributed by atoms with van der Waals surface area (Å²) in [6.45, 7) is 4.15. The minimum atomic E-state index is 0. The molecule has 0 saturated heterocycles. The number of nitrogens with one attached hydrogen (secondary N) is 1. The van der Waals surface area contributed by atoms with Crippen LogP contribution in [-0.2, 0) is 4.79 Å². The van der Waals surface area contributed by atoms with Gasteiger partial charge >= 0.3 is 0 Å². The van der Waals surface area contributed by atoms with Crippen LogP contribution >= 0.6 is 23.7 Å². The fourth-order valence-corrected chi connectivity index (χ4v) is 5.48. The van der Waals surface area contributed by atoms with Crippen molar-refractivity contribution in [3.8, 4) is 10.6 Å². The highest BCUT2D eigenvalue weighted by Crippen LogP contribution is 2.42. The predicted molar refractivity (Wildman–Crippen MR) is 112 cm³/mol. The molecule has 0 spiro atoms. The Hall–Kier alpha value is -1.50. The van der Waals surface area contributed by atoms with Gasteiger partial charge in [0.2, 0.25) is 11.0 Å². The average Bonchev–Trinajstić information content (AvgIpc) is 3.02. The maximum Gasteiger partial charge on any atom is 0.229 e. The number of halogens is 1. The van der Waals surface area contributed by atoms with Gasteiger partial charge in [0.25, 0.3) is 0 Å². The second-order valence-corrected chi connectivity index (χ2v) is 8.89. The normalized spacial score (nSPS) is 26.9. The molecule has 2 unspecified atom stereocenters. The Bertz CT molecular complexity index is 810. The van der Waals surface area contributed by atoms with Gasteiger partial charge in [-0.1, -0.05) is 41.5 Å². The molecule has 2 aromatic rings. The van der Waals surface area contributed by atoms with E-state index in [9.17, 15) is 4.79 Å². The lowest BCUT2D eigenvalue weighted by atomic mass is 9.65. The fraction of sp³-hybridized carbons (Fsp3) is 0.550. The van der Waals surface area contributed by atoms with Gasteiger partial charge in [-0.15, -0.1) is 22.6 Å². The van der Waals surface area contributed by atoms with E-state index in [1.807, 2.05) is 0 Å².